The van der Waals surface area contributed by atoms with E-state index in [0.29, 0.717) is 28.7 Å². The zero-order chi connectivity index (χ0) is 42.4. The summed E-state index contributed by atoms with van der Waals surface area (Å²) in [5, 5.41) is 10.3. The summed E-state index contributed by atoms with van der Waals surface area (Å²) in [5.74, 6) is 0.635. The zero-order valence-electron chi connectivity index (χ0n) is 37.5. The lowest BCUT2D eigenvalue weighted by atomic mass is 9.33. The van der Waals surface area contributed by atoms with Gasteiger partial charge < -0.3 is 14.7 Å². The number of hydrogen-bond donors (Lipinski definition) is 1. The van der Waals surface area contributed by atoms with Crippen molar-refractivity contribution < 1.29 is 19.4 Å². The van der Waals surface area contributed by atoms with E-state index >= 15 is 0 Å². The van der Waals surface area contributed by atoms with Gasteiger partial charge in [-0.15, -0.1) is 0 Å². The molecule has 8 nitrogen and oxygen atoms in total. The number of aliphatic carboxylic acids is 1. The summed E-state index contributed by atoms with van der Waals surface area (Å²) in [6, 6.07) is 9.59. The van der Waals surface area contributed by atoms with Crippen LogP contribution in [0.2, 0.25) is 5.02 Å². The van der Waals surface area contributed by atoms with Crippen molar-refractivity contribution >= 4 is 23.5 Å². The van der Waals surface area contributed by atoms with Crippen LogP contribution < -0.4 is 5.56 Å². The molecule has 0 unspecified atom stereocenters. The lowest BCUT2D eigenvalue weighted by Gasteiger charge is -2.72. The number of carbonyl (C=O) groups excluding carboxylic acids is 1. The predicted octanol–water partition coefficient (Wildman–Crippen LogP) is 10.6. The van der Waals surface area contributed by atoms with E-state index in [9.17, 15) is 19.5 Å². The van der Waals surface area contributed by atoms with E-state index in [0.717, 1.165) is 69.4 Å². The second-order valence-corrected chi connectivity index (χ2v) is 22.5. The van der Waals surface area contributed by atoms with Gasteiger partial charge in [0, 0.05) is 28.7 Å². The van der Waals surface area contributed by atoms with Crippen LogP contribution in [0.25, 0.3) is 5.69 Å². The first-order valence-electron chi connectivity index (χ1n) is 22.4. The number of carboxylic acids is 1. The van der Waals surface area contributed by atoms with Gasteiger partial charge in [-0.25, -0.2) is 4.68 Å². The molecule has 0 radical (unpaired) electrons. The molecule has 5 aliphatic rings. The molecule has 0 amide bonds. The smallest absolute Gasteiger partial charge is 0.309 e. The van der Waals surface area contributed by atoms with Crippen LogP contribution >= 0.6 is 11.6 Å². The Labute approximate surface area is 353 Å². The van der Waals surface area contributed by atoms with E-state index in [4.69, 9.17) is 16.3 Å². The summed E-state index contributed by atoms with van der Waals surface area (Å²) in [6.07, 6.45) is 11.8. The third kappa shape index (κ3) is 6.86. The lowest BCUT2D eigenvalue weighted by Crippen LogP contribution is -2.65. The van der Waals surface area contributed by atoms with Gasteiger partial charge in [0.25, 0.3) is 5.56 Å². The summed E-state index contributed by atoms with van der Waals surface area (Å²) in [6.45, 7) is 22.1. The van der Waals surface area contributed by atoms with Gasteiger partial charge in [0.05, 0.1) is 24.1 Å². The highest BCUT2D eigenvalue weighted by Gasteiger charge is 2.69. The number of benzene rings is 1. The fourth-order valence-electron chi connectivity index (χ4n) is 14.3. The van der Waals surface area contributed by atoms with Crippen LogP contribution in [0.5, 0.6) is 0 Å². The van der Waals surface area contributed by atoms with E-state index < -0.39 is 17.4 Å². The normalized spacial score (nSPS) is 34.4. The maximum atomic E-state index is 14.0. The number of nitrogens with zero attached hydrogens (tertiary/aromatic N) is 3. The standard InChI is InChI=1S/C49H72ClN3O5/c1-31(2)35-18-23-49(29-34-28-40(54)53(52(34)27-26-51(10)11)33-14-12-32(50)13-15-33)25-24-47(8)36(42(35)49)16-17-38-46(7)21-20-39(58-41(55)30-44(3,4)43(56)57)45(5,6)37(46)19-22-48(38,47)9/h12-15,28,31,36-39H,16-27,29-30H2,1-11H3,(H,56,57)/t36-,37+,38-,39+,46+,47-,48-,49-/m1/s1. The van der Waals surface area contributed by atoms with Crippen molar-refractivity contribution in [3.63, 3.8) is 0 Å². The number of carboxylic acid groups (broad SMARTS) is 1. The summed E-state index contributed by atoms with van der Waals surface area (Å²) < 4.78 is 10.4. The molecule has 5 aliphatic carbocycles. The Bertz CT molecular complexity index is 2010. The number of hydrogen-bond acceptors (Lipinski definition) is 5. The molecule has 7 rings (SSSR count). The highest BCUT2D eigenvalue weighted by Crippen LogP contribution is 2.77. The average Bonchev–Trinajstić information content (AvgIpc) is 3.66. The number of halogens is 1. The highest BCUT2D eigenvalue weighted by molar-refractivity contribution is 6.30. The van der Waals surface area contributed by atoms with Crippen LogP contribution in [0, 0.1) is 56.2 Å². The minimum atomic E-state index is -1.15. The molecule has 4 saturated carbocycles. The molecule has 4 fully saturated rings. The molecule has 2 aromatic rings. The number of ether oxygens (including phenoxy) is 1. The summed E-state index contributed by atoms with van der Waals surface area (Å²) >= 11 is 6.30. The van der Waals surface area contributed by atoms with Crippen molar-refractivity contribution in [3.8, 4) is 5.69 Å². The number of rotatable bonds is 11. The molecule has 8 atom stereocenters. The lowest BCUT2D eigenvalue weighted by molar-refractivity contribution is -0.233. The molecule has 0 spiro atoms. The number of aromatic nitrogens is 2. The highest BCUT2D eigenvalue weighted by atomic mass is 35.5. The fraction of sp³-hybridized carbons (Fsp3) is 0.735. The Morgan fingerprint density at radius 2 is 1.62 bits per heavy atom. The van der Waals surface area contributed by atoms with Crippen LogP contribution in [0.1, 0.15) is 139 Å². The molecule has 320 valence electrons. The maximum absolute atomic E-state index is 14.0. The van der Waals surface area contributed by atoms with E-state index in [-0.39, 0.29) is 45.2 Å². The van der Waals surface area contributed by atoms with Crippen LogP contribution in [-0.2, 0) is 27.3 Å². The second-order valence-electron chi connectivity index (χ2n) is 22.1. The van der Waals surface area contributed by atoms with E-state index in [1.54, 1.807) is 25.0 Å². The first-order chi connectivity index (χ1) is 27.0. The first-order valence-corrected chi connectivity index (χ1v) is 22.8. The molecule has 0 bridgehead atoms. The van der Waals surface area contributed by atoms with Gasteiger partial charge in [0.15, 0.2) is 0 Å². The van der Waals surface area contributed by atoms with Gasteiger partial charge in [-0.3, -0.25) is 19.1 Å². The predicted molar refractivity (Wildman–Crippen MR) is 232 cm³/mol. The largest absolute Gasteiger partial charge is 0.481 e. The first kappa shape index (κ1) is 43.3. The van der Waals surface area contributed by atoms with Crippen LogP contribution in [0.3, 0.4) is 0 Å². The third-order valence-corrected chi connectivity index (χ3v) is 17.9. The van der Waals surface area contributed by atoms with Gasteiger partial charge >= 0.3 is 11.9 Å². The Morgan fingerprint density at radius 3 is 2.26 bits per heavy atom. The quantitative estimate of drug-likeness (QED) is 0.179. The molecule has 1 aromatic heterocycles. The molecule has 9 heteroatoms. The molecule has 0 aliphatic heterocycles. The Kier molecular flexibility index (Phi) is 11.2. The maximum Gasteiger partial charge on any atom is 0.309 e. The van der Waals surface area contributed by atoms with Gasteiger partial charge in [-0.05, 0) is 168 Å². The molecular weight excluding hydrogens is 746 g/mol. The fourth-order valence-corrected chi connectivity index (χ4v) is 14.4. The zero-order valence-corrected chi connectivity index (χ0v) is 38.2. The van der Waals surface area contributed by atoms with Crippen LogP contribution in [0.4, 0.5) is 0 Å². The molecule has 58 heavy (non-hydrogen) atoms. The van der Waals surface area contributed by atoms with Crippen LogP contribution in [-0.4, -0.2) is 58.1 Å². The van der Waals surface area contributed by atoms with Gasteiger partial charge in [0.1, 0.15) is 6.10 Å². The number of carbonyl (C=O) groups is 2. The topological polar surface area (TPSA) is 93.8 Å². The van der Waals surface area contributed by atoms with Crippen molar-refractivity contribution in [1.29, 1.82) is 0 Å². The number of allylic oxidation sites excluding steroid dienone is 2. The van der Waals surface area contributed by atoms with Crippen molar-refractivity contribution in [2.24, 2.45) is 56.2 Å². The number of fused-ring (bicyclic) bond motifs is 7. The van der Waals surface area contributed by atoms with E-state index in [1.807, 2.05) is 35.0 Å². The van der Waals surface area contributed by atoms with Crippen molar-refractivity contribution in [3.05, 3.63) is 62.5 Å². The Morgan fingerprint density at radius 1 is 0.931 bits per heavy atom. The van der Waals surface area contributed by atoms with Gasteiger partial charge in [-0.2, -0.15) is 0 Å². The molecule has 1 heterocycles. The van der Waals surface area contributed by atoms with Gasteiger partial charge in [-0.1, -0.05) is 71.2 Å². The number of likely N-dealkylation sites (N-methyl/N-ethyl adjacent to an activating group) is 1. The SMILES string of the molecule is CC(C)C1=C2[C@H]3CC[C@@H]4[C@@]5(C)CC[C@H](OC(=O)CC(C)(C)C(=O)O)C(C)(C)[C@@H]5CC[C@@]4(C)[C@]3(C)CC[C@@]2(Cc2cc(=O)n(-c3ccc(Cl)cc3)n2CCN(C)C)CC1. The molecule has 1 aromatic carbocycles. The minimum Gasteiger partial charge on any atom is -0.481 e. The molecular formula is C49H72ClN3O5. The minimum absolute atomic E-state index is 0.0234. The Balaban J connectivity index is 1.20. The third-order valence-electron chi connectivity index (χ3n) is 17.6. The second kappa shape index (κ2) is 15.0. The summed E-state index contributed by atoms with van der Waals surface area (Å²) in [4.78, 5) is 41.2. The van der Waals surface area contributed by atoms with Crippen molar-refractivity contribution in [2.75, 3.05) is 20.6 Å². The van der Waals surface area contributed by atoms with E-state index in [2.05, 4.69) is 72.1 Å². The summed E-state index contributed by atoms with van der Waals surface area (Å²) in [5.41, 5.74) is 4.60. The monoisotopic (exact) mass is 818 g/mol. The van der Waals surface area contributed by atoms with Gasteiger partial charge in [0.2, 0.25) is 0 Å². The Hall–Kier alpha value is -2.84. The van der Waals surface area contributed by atoms with E-state index in [1.165, 1.54) is 25.7 Å². The summed E-state index contributed by atoms with van der Waals surface area (Å²) in [7, 11) is 4.19. The van der Waals surface area contributed by atoms with Crippen molar-refractivity contribution in [1.82, 2.24) is 14.3 Å². The van der Waals surface area contributed by atoms with Crippen molar-refractivity contribution in [2.45, 2.75) is 152 Å². The molecule has 1 N–H and O–H groups in total. The van der Waals surface area contributed by atoms with Crippen LogP contribution in [0.15, 0.2) is 46.3 Å². The number of esters is 1. The molecule has 0 saturated heterocycles. The average molecular weight is 819 g/mol.